The SMILES string of the molecule is CNCCC(=O)c1ccc2c(c1)nc(C(C)C)n2C. The van der Waals surface area contributed by atoms with Gasteiger partial charge in [-0.1, -0.05) is 13.8 Å². The Morgan fingerprint density at radius 3 is 2.79 bits per heavy atom. The van der Waals surface area contributed by atoms with E-state index in [2.05, 4.69) is 28.7 Å². The van der Waals surface area contributed by atoms with E-state index in [0.29, 0.717) is 18.9 Å². The van der Waals surface area contributed by atoms with Crippen molar-refractivity contribution in [1.82, 2.24) is 14.9 Å². The van der Waals surface area contributed by atoms with Gasteiger partial charge in [-0.25, -0.2) is 4.98 Å². The van der Waals surface area contributed by atoms with E-state index in [4.69, 9.17) is 0 Å². The highest BCUT2D eigenvalue weighted by Gasteiger charge is 2.13. The lowest BCUT2D eigenvalue weighted by Gasteiger charge is -2.04. The molecule has 102 valence electrons. The fraction of sp³-hybridized carbons (Fsp3) is 0.467. The number of carbonyl (C=O) groups is 1. The number of ketones is 1. The molecule has 0 aliphatic rings. The van der Waals surface area contributed by atoms with Crippen molar-refractivity contribution < 1.29 is 4.79 Å². The Labute approximate surface area is 113 Å². The zero-order chi connectivity index (χ0) is 14.0. The maximum Gasteiger partial charge on any atom is 0.164 e. The van der Waals surface area contributed by atoms with Crippen LogP contribution < -0.4 is 5.32 Å². The van der Waals surface area contributed by atoms with E-state index in [-0.39, 0.29) is 5.78 Å². The van der Waals surface area contributed by atoms with Crippen molar-refractivity contribution in [2.75, 3.05) is 13.6 Å². The lowest BCUT2D eigenvalue weighted by Crippen LogP contribution is -2.12. The van der Waals surface area contributed by atoms with Gasteiger partial charge in [0.05, 0.1) is 11.0 Å². The first-order valence-electron chi connectivity index (χ1n) is 6.68. The van der Waals surface area contributed by atoms with Crippen molar-refractivity contribution >= 4 is 16.8 Å². The summed E-state index contributed by atoms with van der Waals surface area (Å²) in [7, 11) is 3.87. The molecule has 0 aliphatic heterocycles. The molecule has 1 N–H and O–H groups in total. The number of nitrogens with zero attached hydrogens (tertiary/aromatic N) is 2. The molecular formula is C15H21N3O. The summed E-state index contributed by atoms with van der Waals surface area (Å²) in [6, 6.07) is 5.78. The summed E-state index contributed by atoms with van der Waals surface area (Å²) in [5.41, 5.74) is 2.73. The molecule has 0 bridgehead atoms. The van der Waals surface area contributed by atoms with Crippen LogP contribution in [-0.4, -0.2) is 28.9 Å². The zero-order valence-electron chi connectivity index (χ0n) is 12.0. The highest BCUT2D eigenvalue weighted by molar-refractivity contribution is 5.99. The van der Waals surface area contributed by atoms with Gasteiger partial charge >= 0.3 is 0 Å². The van der Waals surface area contributed by atoms with Gasteiger partial charge in [-0.2, -0.15) is 0 Å². The topological polar surface area (TPSA) is 46.9 Å². The highest BCUT2D eigenvalue weighted by atomic mass is 16.1. The first kappa shape index (κ1) is 13.7. The van der Waals surface area contributed by atoms with E-state index in [1.54, 1.807) is 0 Å². The normalized spacial score (nSPS) is 11.4. The van der Waals surface area contributed by atoms with Crippen molar-refractivity contribution in [3.05, 3.63) is 29.6 Å². The molecule has 0 saturated heterocycles. The lowest BCUT2D eigenvalue weighted by atomic mass is 10.1. The smallest absolute Gasteiger partial charge is 0.164 e. The average molecular weight is 259 g/mol. The molecule has 0 radical (unpaired) electrons. The van der Waals surface area contributed by atoms with Crippen LogP contribution in [0.1, 0.15) is 42.4 Å². The average Bonchev–Trinajstić information content (AvgIpc) is 2.73. The molecule has 1 heterocycles. The quantitative estimate of drug-likeness (QED) is 0.839. The highest BCUT2D eigenvalue weighted by Crippen LogP contribution is 2.21. The molecule has 4 heteroatoms. The summed E-state index contributed by atoms with van der Waals surface area (Å²) in [5.74, 6) is 1.59. The Kier molecular flexibility index (Phi) is 4.00. The fourth-order valence-corrected chi connectivity index (χ4v) is 2.29. The van der Waals surface area contributed by atoms with Gasteiger partial charge in [-0.15, -0.1) is 0 Å². The number of nitrogens with one attached hydrogen (secondary N) is 1. The number of aryl methyl sites for hydroxylation is 1. The Morgan fingerprint density at radius 1 is 1.42 bits per heavy atom. The molecule has 0 amide bonds. The van der Waals surface area contributed by atoms with E-state index in [0.717, 1.165) is 22.4 Å². The third-order valence-electron chi connectivity index (χ3n) is 3.36. The molecule has 0 aliphatic carbocycles. The van der Waals surface area contributed by atoms with E-state index >= 15 is 0 Å². The second-order valence-electron chi connectivity index (χ2n) is 5.16. The Balaban J connectivity index is 2.38. The largest absolute Gasteiger partial charge is 0.331 e. The van der Waals surface area contributed by atoms with Crippen molar-refractivity contribution in [3.8, 4) is 0 Å². The molecule has 0 saturated carbocycles. The summed E-state index contributed by atoms with van der Waals surface area (Å²) < 4.78 is 2.10. The fourth-order valence-electron chi connectivity index (χ4n) is 2.29. The third kappa shape index (κ3) is 2.68. The number of aromatic nitrogens is 2. The molecule has 1 aromatic heterocycles. The van der Waals surface area contributed by atoms with Crippen molar-refractivity contribution in [2.24, 2.45) is 7.05 Å². The van der Waals surface area contributed by atoms with Crippen molar-refractivity contribution in [1.29, 1.82) is 0 Å². The molecule has 4 nitrogen and oxygen atoms in total. The third-order valence-corrected chi connectivity index (χ3v) is 3.36. The van der Waals surface area contributed by atoms with Crippen LogP contribution in [0.25, 0.3) is 11.0 Å². The number of hydrogen-bond donors (Lipinski definition) is 1. The first-order valence-corrected chi connectivity index (χ1v) is 6.68. The minimum atomic E-state index is 0.160. The van der Waals surface area contributed by atoms with Gasteiger partial charge in [-0.05, 0) is 25.2 Å². The number of hydrogen-bond acceptors (Lipinski definition) is 3. The summed E-state index contributed by atoms with van der Waals surface area (Å²) in [4.78, 5) is 16.6. The monoisotopic (exact) mass is 259 g/mol. The van der Waals surface area contributed by atoms with Crippen LogP contribution in [0.2, 0.25) is 0 Å². The molecule has 0 fully saturated rings. The molecule has 0 spiro atoms. The van der Waals surface area contributed by atoms with Gasteiger partial charge in [0.1, 0.15) is 5.82 Å². The van der Waals surface area contributed by atoms with Crippen LogP contribution in [0, 0.1) is 0 Å². The van der Waals surface area contributed by atoms with Gasteiger partial charge < -0.3 is 9.88 Å². The predicted octanol–water partition coefficient (Wildman–Crippen LogP) is 2.49. The zero-order valence-corrected chi connectivity index (χ0v) is 12.0. The number of imidazole rings is 1. The van der Waals surface area contributed by atoms with Crippen molar-refractivity contribution in [2.45, 2.75) is 26.2 Å². The molecule has 0 unspecified atom stereocenters. The maximum atomic E-state index is 12.0. The number of Topliss-reactive ketones (excluding diaryl/α,β-unsaturated/α-hetero) is 1. The van der Waals surface area contributed by atoms with E-state index in [1.165, 1.54) is 0 Å². The van der Waals surface area contributed by atoms with Gasteiger partial charge in [-0.3, -0.25) is 4.79 Å². The van der Waals surface area contributed by atoms with Crippen LogP contribution in [0.4, 0.5) is 0 Å². The van der Waals surface area contributed by atoms with E-state index < -0.39 is 0 Å². The predicted molar refractivity (Wildman–Crippen MR) is 77.7 cm³/mol. The minimum absolute atomic E-state index is 0.160. The Morgan fingerprint density at radius 2 is 2.16 bits per heavy atom. The van der Waals surface area contributed by atoms with Crippen LogP contribution >= 0.6 is 0 Å². The molecule has 0 atom stereocenters. The van der Waals surface area contributed by atoms with Crippen LogP contribution in [0.5, 0.6) is 0 Å². The minimum Gasteiger partial charge on any atom is -0.331 e. The summed E-state index contributed by atoms with van der Waals surface area (Å²) in [6.45, 7) is 4.96. The molecular weight excluding hydrogens is 238 g/mol. The van der Waals surface area contributed by atoms with E-state index in [9.17, 15) is 4.79 Å². The van der Waals surface area contributed by atoms with E-state index in [1.807, 2.05) is 32.3 Å². The van der Waals surface area contributed by atoms with Crippen LogP contribution in [0.3, 0.4) is 0 Å². The summed E-state index contributed by atoms with van der Waals surface area (Å²) in [6.07, 6.45) is 0.520. The number of benzene rings is 1. The first-order chi connectivity index (χ1) is 9.04. The summed E-state index contributed by atoms with van der Waals surface area (Å²) >= 11 is 0. The Bertz CT molecular complexity index is 599. The number of carbonyl (C=O) groups excluding carboxylic acids is 1. The lowest BCUT2D eigenvalue weighted by molar-refractivity contribution is 0.0983. The molecule has 1 aromatic carbocycles. The summed E-state index contributed by atoms with van der Waals surface area (Å²) in [5, 5.41) is 2.99. The van der Waals surface area contributed by atoms with Gasteiger partial charge in [0, 0.05) is 31.5 Å². The second kappa shape index (κ2) is 5.53. The Hall–Kier alpha value is -1.68. The van der Waals surface area contributed by atoms with Gasteiger partial charge in [0.25, 0.3) is 0 Å². The molecule has 19 heavy (non-hydrogen) atoms. The van der Waals surface area contributed by atoms with Crippen LogP contribution in [0.15, 0.2) is 18.2 Å². The van der Waals surface area contributed by atoms with Gasteiger partial charge in [0.15, 0.2) is 5.78 Å². The van der Waals surface area contributed by atoms with Gasteiger partial charge in [0.2, 0.25) is 0 Å². The maximum absolute atomic E-state index is 12.0. The van der Waals surface area contributed by atoms with Crippen LogP contribution in [-0.2, 0) is 7.05 Å². The molecule has 2 aromatic rings. The molecule has 2 rings (SSSR count). The standard InChI is InChI=1S/C15H21N3O/c1-10(2)15-17-12-9-11(14(19)7-8-16-3)5-6-13(12)18(15)4/h5-6,9-10,16H,7-8H2,1-4H3. The number of rotatable bonds is 5. The van der Waals surface area contributed by atoms with Crippen molar-refractivity contribution in [3.63, 3.8) is 0 Å². The number of fused-ring (bicyclic) bond motifs is 1. The second-order valence-corrected chi connectivity index (χ2v) is 5.16.